The maximum atomic E-state index is 11.7. The SMILES string of the molecule is CCOC(=O)c1nc(C(=O)NC2CC2C)cs1. The minimum Gasteiger partial charge on any atom is -0.461 e. The molecule has 1 saturated carbocycles. The molecule has 5 nitrogen and oxygen atoms in total. The molecule has 2 atom stereocenters. The van der Waals surface area contributed by atoms with Crippen LogP contribution >= 0.6 is 11.3 Å². The van der Waals surface area contributed by atoms with Gasteiger partial charge in [-0.3, -0.25) is 4.79 Å². The van der Waals surface area contributed by atoms with Gasteiger partial charge in [0.1, 0.15) is 5.69 Å². The molecule has 1 heterocycles. The lowest BCUT2D eigenvalue weighted by molar-refractivity contribution is 0.0526. The molecular weight excluding hydrogens is 240 g/mol. The molecule has 1 aliphatic rings. The molecule has 0 spiro atoms. The molecule has 1 aromatic rings. The Balaban J connectivity index is 1.97. The van der Waals surface area contributed by atoms with E-state index in [-0.39, 0.29) is 22.7 Å². The number of nitrogens with one attached hydrogen (secondary N) is 1. The fourth-order valence-corrected chi connectivity index (χ4v) is 2.12. The summed E-state index contributed by atoms with van der Waals surface area (Å²) in [4.78, 5) is 27.0. The van der Waals surface area contributed by atoms with Gasteiger partial charge in [-0.2, -0.15) is 0 Å². The average Bonchev–Trinajstić information content (AvgIpc) is 2.83. The fourth-order valence-electron chi connectivity index (χ4n) is 1.43. The lowest BCUT2D eigenvalue weighted by atomic mass is 10.4. The highest BCUT2D eigenvalue weighted by Crippen LogP contribution is 2.29. The second-order valence-corrected chi connectivity index (χ2v) is 4.91. The Bertz CT molecular complexity index is 444. The number of carbonyl (C=O) groups is 2. The first-order valence-electron chi connectivity index (χ1n) is 5.55. The Morgan fingerprint density at radius 3 is 2.94 bits per heavy atom. The zero-order valence-corrected chi connectivity index (χ0v) is 10.5. The van der Waals surface area contributed by atoms with Crippen molar-refractivity contribution in [2.24, 2.45) is 5.92 Å². The number of thiazole rings is 1. The summed E-state index contributed by atoms with van der Waals surface area (Å²) in [5.41, 5.74) is 0.289. The van der Waals surface area contributed by atoms with E-state index < -0.39 is 5.97 Å². The summed E-state index contributed by atoms with van der Waals surface area (Å²) in [7, 11) is 0. The molecule has 1 N–H and O–H groups in total. The Kier molecular flexibility index (Phi) is 3.42. The van der Waals surface area contributed by atoms with E-state index in [4.69, 9.17) is 4.74 Å². The van der Waals surface area contributed by atoms with E-state index in [1.165, 1.54) is 0 Å². The molecule has 17 heavy (non-hydrogen) atoms. The van der Waals surface area contributed by atoms with Gasteiger partial charge < -0.3 is 10.1 Å². The fraction of sp³-hybridized carbons (Fsp3) is 0.545. The molecule has 0 saturated heterocycles. The van der Waals surface area contributed by atoms with Crippen LogP contribution in [0.1, 0.15) is 40.6 Å². The van der Waals surface area contributed by atoms with Crippen molar-refractivity contribution in [1.82, 2.24) is 10.3 Å². The number of rotatable bonds is 4. The highest BCUT2D eigenvalue weighted by Gasteiger charge is 2.34. The number of hydrogen-bond donors (Lipinski definition) is 1. The standard InChI is InChI=1S/C11H14N2O3S/c1-3-16-11(15)10-13-8(5-17-10)9(14)12-7-4-6(7)2/h5-7H,3-4H2,1-2H3,(H,12,14). The van der Waals surface area contributed by atoms with Gasteiger partial charge >= 0.3 is 5.97 Å². The average molecular weight is 254 g/mol. The van der Waals surface area contributed by atoms with Gasteiger partial charge in [0.05, 0.1) is 6.61 Å². The topological polar surface area (TPSA) is 68.3 Å². The Morgan fingerprint density at radius 2 is 2.35 bits per heavy atom. The Hall–Kier alpha value is -1.43. The van der Waals surface area contributed by atoms with Crippen molar-refractivity contribution in [3.05, 3.63) is 16.1 Å². The number of carbonyl (C=O) groups excluding carboxylic acids is 2. The van der Waals surface area contributed by atoms with Crippen molar-refractivity contribution in [2.75, 3.05) is 6.61 Å². The second-order valence-electron chi connectivity index (χ2n) is 4.05. The molecule has 92 valence electrons. The van der Waals surface area contributed by atoms with Crippen molar-refractivity contribution in [3.8, 4) is 0 Å². The summed E-state index contributed by atoms with van der Waals surface area (Å²) >= 11 is 1.13. The van der Waals surface area contributed by atoms with Crippen LogP contribution in [0.3, 0.4) is 0 Å². The molecule has 2 unspecified atom stereocenters. The van der Waals surface area contributed by atoms with Crippen LogP contribution in [-0.2, 0) is 4.74 Å². The smallest absolute Gasteiger partial charge is 0.367 e. The zero-order valence-electron chi connectivity index (χ0n) is 9.73. The number of nitrogens with zero attached hydrogens (tertiary/aromatic N) is 1. The lowest BCUT2D eigenvalue weighted by Crippen LogP contribution is -2.26. The number of hydrogen-bond acceptors (Lipinski definition) is 5. The van der Waals surface area contributed by atoms with E-state index in [0.29, 0.717) is 12.5 Å². The summed E-state index contributed by atoms with van der Waals surface area (Å²) < 4.78 is 4.81. The first-order chi connectivity index (χ1) is 8.11. The monoisotopic (exact) mass is 254 g/mol. The molecule has 0 aromatic carbocycles. The van der Waals surface area contributed by atoms with E-state index in [0.717, 1.165) is 17.8 Å². The first-order valence-corrected chi connectivity index (χ1v) is 6.43. The molecule has 2 rings (SSSR count). The zero-order chi connectivity index (χ0) is 12.4. The highest BCUT2D eigenvalue weighted by atomic mass is 32.1. The molecular formula is C11H14N2O3S. The van der Waals surface area contributed by atoms with Crippen molar-refractivity contribution in [3.63, 3.8) is 0 Å². The third-order valence-corrected chi connectivity index (χ3v) is 3.44. The van der Waals surface area contributed by atoms with Gasteiger partial charge in [-0.15, -0.1) is 11.3 Å². The van der Waals surface area contributed by atoms with E-state index in [2.05, 4.69) is 17.2 Å². The molecule has 1 amide bonds. The third-order valence-electron chi connectivity index (χ3n) is 2.61. The number of aromatic nitrogens is 1. The predicted octanol–water partition coefficient (Wildman–Crippen LogP) is 1.46. The molecule has 1 aromatic heterocycles. The van der Waals surface area contributed by atoms with Gasteiger partial charge in [0.25, 0.3) is 5.91 Å². The summed E-state index contributed by atoms with van der Waals surface area (Å²) in [5.74, 6) is -0.149. The van der Waals surface area contributed by atoms with Gasteiger partial charge in [-0.25, -0.2) is 9.78 Å². The van der Waals surface area contributed by atoms with Crippen LogP contribution in [0.15, 0.2) is 5.38 Å². The minimum absolute atomic E-state index is 0.217. The number of esters is 1. The van der Waals surface area contributed by atoms with Crippen molar-refractivity contribution in [1.29, 1.82) is 0 Å². The quantitative estimate of drug-likeness (QED) is 0.826. The van der Waals surface area contributed by atoms with Crippen LogP contribution in [0.2, 0.25) is 0 Å². The maximum absolute atomic E-state index is 11.7. The van der Waals surface area contributed by atoms with Gasteiger partial charge in [-0.1, -0.05) is 6.92 Å². The second kappa shape index (κ2) is 4.83. The predicted molar refractivity (Wildman–Crippen MR) is 63.1 cm³/mol. The van der Waals surface area contributed by atoms with Crippen molar-refractivity contribution < 1.29 is 14.3 Å². The Morgan fingerprint density at radius 1 is 1.65 bits per heavy atom. The maximum Gasteiger partial charge on any atom is 0.367 e. The summed E-state index contributed by atoms with van der Waals surface area (Å²) in [6, 6.07) is 0.259. The molecule has 0 bridgehead atoms. The molecule has 6 heteroatoms. The highest BCUT2D eigenvalue weighted by molar-refractivity contribution is 7.11. The van der Waals surface area contributed by atoms with Crippen LogP contribution in [-0.4, -0.2) is 29.5 Å². The van der Waals surface area contributed by atoms with Gasteiger partial charge in [0.2, 0.25) is 5.01 Å². The minimum atomic E-state index is -0.476. The largest absolute Gasteiger partial charge is 0.461 e. The third kappa shape index (κ3) is 2.82. The Labute approximate surface area is 103 Å². The van der Waals surface area contributed by atoms with Crippen LogP contribution in [0.5, 0.6) is 0 Å². The van der Waals surface area contributed by atoms with Crippen LogP contribution in [0.25, 0.3) is 0 Å². The molecule has 1 fully saturated rings. The van der Waals surface area contributed by atoms with Gasteiger partial charge in [0, 0.05) is 11.4 Å². The van der Waals surface area contributed by atoms with E-state index in [9.17, 15) is 9.59 Å². The normalized spacial score (nSPS) is 22.0. The van der Waals surface area contributed by atoms with Crippen LogP contribution in [0, 0.1) is 5.92 Å². The number of amides is 1. The summed E-state index contributed by atoms with van der Waals surface area (Å²) in [6.45, 7) is 4.11. The van der Waals surface area contributed by atoms with Gasteiger partial charge in [-0.05, 0) is 19.3 Å². The number of ether oxygens (including phenoxy) is 1. The van der Waals surface area contributed by atoms with Gasteiger partial charge in [0.15, 0.2) is 0 Å². The van der Waals surface area contributed by atoms with E-state index >= 15 is 0 Å². The summed E-state index contributed by atoms with van der Waals surface area (Å²) in [5, 5.41) is 4.66. The summed E-state index contributed by atoms with van der Waals surface area (Å²) in [6.07, 6.45) is 1.01. The van der Waals surface area contributed by atoms with E-state index in [1.54, 1.807) is 12.3 Å². The molecule has 1 aliphatic carbocycles. The van der Waals surface area contributed by atoms with Crippen molar-refractivity contribution in [2.45, 2.75) is 26.3 Å². The lowest BCUT2D eigenvalue weighted by Gasteiger charge is -1.99. The first kappa shape index (κ1) is 12.0. The van der Waals surface area contributed by atoms with Crippen molar-refractivity contribution >= 4 is 23.2 Å². The van der Waals surface area contributed by atoms with Crippen LogP contribution < -0.4 is 5.32 Å². The molecule has 0 aliphatic heterocycles. The van der Waals surface area contributed by atoms with E-state index in [1.807, 2.05) is 0 Å². The van der Waals surface area contributed by atoms with Crippen LogP contribution in [0.4, 0.5) is 0 Å². The molecule has 0 radical (unpaired) electrons.